The largest absolute Gasteiger partial charge is 0.695 e. The van der Waals surface area contributed by atoms with Gasteiger partial charge in [-0.2, -0.15) is 4.98 Å². The maximum atomic E-state index is 14.1. The van der Waals surface area contributed by atoms with Crippen LogP contribution in [0, 0.1) is 6.57 Å². The number of ether oxygens (including phenoxy) is 2. The predicted molar refractivity (Wildman–Crippen MR) is 306 cm³/mol. The van der Waals surface area contributed by atoms with E-state index < -0.39 is 99.8 Å². The van der Waals surface area contributed by atoms with Crippen LogP contribution < -0.4 is 14.8 Å². The Bertz CT molecular complexity index is 3360. The zero-order chi connectivity index (χ0) is 58.2. The van der Waals surface area contributed by atoms with Crippen LogP contribution in [0.4, 0.5) is 11.6 Å². The van der Waals surface area contributed by atoms with Crippen molar-refractivity contribution in [2.45, 2.75) is 140 Å². The van der Waals surface area contributed by atoms with Gasteiger partial charge in [0.25, 0.3) is 11.8 Å². The molecule has 4 aromatic heterocycles. The van der Waals surface area contributed by atoms with Gasteiger partial charge in [-0.15, -0.1) is 9.42 Å². The smallest absolute Gasteiger partial charge is 0.408 e. The first kappa shape index (κ1) is 60.3. The zero-order valence-electron chi connectivity index (χ0n) is 46.8. The molecule has 3 N–H and O–H groups in total. The van der Waals surface area contributed by atoms with Gasteiger partial charge in [0.05, 0.1) is 26.1 Å². The number of imidazole rings is 2. The fraction of sp³-hybridized carbons (Fsp3) is 0.519. The fourth-order valence-electron chi connectivity index (χ4n) is 9.36. The Labute approximate surface area is 477 Å². The summed E-state index contributed by atoms with van der Waals surface area (Å²) in [5.41, 5.74) is 2.33. The molecular formula is C52H69N11O13P2SSi2+2. The zero-order valence-corrected chi connectivity index (χ0v) is 51.4. The van der Waals surface area contributed by atoms with Crippen molar-refractivity contribution in [1.29, 1.82) is 0 Å². The molecule has 2 saturated heterocycles. The topological polar surface area (TPSA) is 263 Å². The number of hydrogen-bond acceptors (Lipinski definition) is 18. The van der Waals surface area contributed by atoms with E-state index in [2.05, 4.69) is 64.0 Å². The van der Waals surface area contributed by atoms with E-state index in [4.69, 9.17) is 59.8 Å². The first-order valence-electron chi connectivity index (χ1n) is 26.5. The number of aryl methyl sites for hydroxylation is 1. The molecule has 81 heavy (non-hydrogen) atoms. The highest BCUT2D eigenvalue weighted by molar-refractivity contribution is 8.07. The molecular weight excluding hydrogens is 1140 g/mol. The SMILES string of the molecule is [C-]#[N+]CCOP(=S)(OC[C@H]1O[C@@H](n2cnc3c(NC(=O)c4ccccc4)ncnc32)[C@H](O[P+](=O)O)[C@@H]1O[Si](C)(C)C(C)(C)C)O[C@H]1[C@@H](O[Si](C)(C)C(C)(C)C)[C@H]([n+]2cn3c4c(ncnc42)N(C(=O)c2ccccc2)CCC3)O[C@@H]1CO. The van der Waals surface area contributed by atoms with Gasteiger partial charge in [-0.25, -0.2) is 26.1 Å². The summed E-state index contributed by atoms with van der Waals surface area (Å²) < 4.78 is 72.0. The molecule has 6 aromatic rings. The van der Waals surface area contributed by atoms with Crippen molar-refractivity contribution >= 4 is 89.2 Å². The Morgan fingerprint density at radius 3 is 2.16 bits per heavy atom. The number of aliphatic hydroxyl groups excluding tert-OH is 1. The number of benzene rings is 2. The third kappa shape index (κ3) is 12.7. The Balaban J connectivity index is 1.08. The number of anilines is 2. The van der Waals surface area contributed by atoms with E-state index in [-0.39, 0.29) is 46.1 Å². The number of nitrogens with one attached hydrogen (secondary N) is 1. The van der Waals surface area contributed by atoms with Crippen molar-refractivity contribution in [2.24, 2.45) is 0 Å². The van der Waals surface area contributed by atoms with Crippen LogP contribution in [0.25, 0.3) is 27.2 Å². The van der Waals surface area contributed by atoms with Crippen molar-refractivity contribution < 1.29 is 65.1 Å². The van der Waals surface area contributed by atoms with E-state index in [0.717, 1.165) is 0 Å². The summed E-state index contributed by atoms with van der Waals surface area (Å²) in [7, 11) is -8.86. The highest BCUT2D eigenvalue weighted by Crippen LogP contribution is 2.56. The van der Waals surface area contributed by atoms with Gasteiger partial charge in [-0.3, -0.25) is 28.1 Å². The van der Waals surface area contributed by atoms with Crippen LogP contribution in [-0.4, -0.2) is 142 Å². The summed E-state index contributed by atoms with van der Waals surface area (Å²) in [6, 6.07) is 17.6. The number of fused-ring (bicyclic) bond motifs is 1. The van der Waals surface area contributed by atoms with Gasteiger partial charge in [0.1, 0.15) is 43.5 Å². The Morgan fingerprint density at radius 1 is 0.864 bits per heavy atom. The molecule has 0 saturated carbocycles. The molecule has 24 nitrogen and oxygen atoms in total. The number of carbonyl (C=O) groups excluding carboxylic acids is 2. The van der Waals surface area contributed by atoms with E-state index in [1.165, 1.54) is 23.5 Å². The lowest BCUT2D eigenvalue weighted by molar-refractivity contribution is -0.745. The second-order valence-corrected chi connectivity index (χ2v) is 36.1. The minimum Gasteiger partial charge on any atom is -0.408 e. The fourth-order valence-corrected chi connectivity index (χ4v) is 14.5. The molecule has 2 fully saturated rings. The van der Waals surface area contributed by atoms with Crippen LogP contribution in [0.5, 0.6) is 0 Å². The van der Waals surface area contributed by atoms with Gasteiger partial charge in [0.15, 0.2) is 64.4 Å². The summed E-state index contributed by atoms with van der Waals surface area (Å²) in [6.45, 7) is 23.8. The molecule has 2 unspecified atom stereocenters. The molecule has 7 heterocycles. The van der Waals surface area contributed by atoms with Crippen LogP contribution in [0.15, 0.2) is 86.0 Å². The maximum absolute atomic E-state index is 14.1. The van der Waals surface area contributed by atoms with E-state index >= 15 is 0 Å². The predicted octanol–water partition coefficient (Wildman–Crippen LogP) is 8.03. The molecule has 0 radical (unpaired) electrons. The highest BCUT2D eigenvalue weighted by atomic mass is 32.5. The third-order valence-corrected chi connectivity index (χ3v) is 27.3. The minimum atomic E-state index is -4.09. The van der Waals surface area contributed by atoms with Crippen molar-refractivity contribution in [1.82, 2.24) is 34.1 Å². The molecule has 2 amide bonds. The van der Waals surface area contributed by atoms with Crippen molar-refractivity contribution in [2.75, 3.05) is 43.1 Å². The van der Waals surface area contributed by atoms with Crippen LogP contribution in [0.1, 0.15) is 81.1 Å². The molecule has 432 valence electrons. The lowest BCUT2D eigenvalue weighted by atomic mass is 10.1. The van der Waals surface area contributed by atoms with E-state index in [9.17, 15) is 24.2 Å². The Morgan fingerprint density at radius 2 is 1.52 bits per heavy atom. The number of amides is 2. The average molecular weight is 1210 g/mol. The number of carbonyl (C=O) groups is 2. The lowest BCUT2D eigenvalue weighted by Gasteiger charge is -2.41. The molecule has 0 aliphatic carbocycles. The Hall–Kier alpha value is -5.25. The first-order valence-corrected chi connectivity index (χ1v) is 36.0. The maximum Gasteiger partial charge on any atom is 0.695 e. The number of aliphatic hydroxyl groups is 1. The second kappa shape index (κ2) is 24.2. The molecule has 3 aliphatic rings. The number of rotatable bonds is 20. The quantitative estimate of drug-likeness (QED) is 0.0215. The van der Waals surface area contributed by atoms with E-state index in [1.54, 1.807) is 47.4 Å². The molecule has 10 atom stereocenters. The van der Waals surface area contributed by atoms with Gasteiger partial charge in [-0.05, 0) is 78.8 Å². The monoisotopic (exact) mass is 1210 g/mol. The van der Waals surface area contributed by atoms with Crippen molar-refractivity contribution in [3.8, 4) is 0 Å². The van der Waals surface area contributed by atoms with Crippen LogP contribution in [0.2, 0.25) is 36.3 Å². The summed E-state index contributed by atoms with van der Waals surface area (Å²) in [5.74, 6) is -0.117. The second-order valence-electron chi connectivity index (χ2n) is 23.0. The van der Waals surface area contributed by atoms with Gasteiger partial charge in [0.2, 0.25) is 18.3 Å². The van der Waals surface area contributed by atoms with Crippen molar-refractivity contribution in [3.63, 3.8) is 0 Å². The van der Waals surface area contributed by atoms with Crippen LogP contribution in [-0.2, 0) is 59.3 Å². The normalized spacial score (nSPS) is 23.5. The minimum absolute atomic E-state index is 0.105. The Kier molecular flexibility index (Phi) is 18.0. The van der Waals surface area contributed by atoms with Crippen LogP contribution in [0.3, 0.4) is 0 Å². The molecule has 3 aliphatic heterocycles. The van der Waals surface area contributed by atoms with Gasteiger partial charge < -0.3 is 42.6 Å². The summed E-state index contributed by atoms with van der Waals surface area (Å²) in [6.07, 6.45) is -2.49. The average Bonchev–Trinajstić information content (AvgIpc) is 3.91. The standard InChI is InChI=1S/C52H67N11O13P2SSi2/c1-51(2,3)80(8,9)75-40-36(72-49(41(40)73-77(67)68)62-31-58-37-43(54-29-55-44(37)62)59-47(65)33-19-14-12-15-20-33)28-70-78(79,69-26-23-53-7)74-39-35(27-64)71-50(42(39)76-81(10,11)52(4,5)6)63-32-60-24-18-25-61(45-38(60)46(63)57-30-56-45)48(66)34-21-16-13-17-22-34/h12-17,19-22,29-32,35-36,39-42,49-50,64H,18,23-28H2,1-6,8-11H3/p+2/t35-,36-,39-,40-,41-,42-,49-,50-,78?/m1/s1. The summed E-state index contributed by atoms with van der Waals surface area (Å²) in [5, 5.41) is 13.3. The van der Waals surface area contributed by atoms with E-state index in [0.29, 0.717) is 47.6 Å². The third-order valence-electron chi connectivity index (χ3n) is 15.6. The van der Waals surface area contributed by atoms with Gasteiger partial charge in [-0.1, -0.05) is 82.9 Å². The first-order chi connectivity index (χ1) is 38.3. The number of aromatic nitrogens is 8. The molecule has 0 spiro atoms. The lowest BCUT2D eigenvalue weighted by Crippen LogP contribution is -2.53. The van der Waals surface area contributed by atoms with Gasteiger partial charge >= 0.3 is 20.6 Å². The number of nitrogens with zero attached hydrogens (tertiary/aromatic N) is 10. The number of hydrogen-bond donors (Lipinski definition) is 3. The molecule has 2 aromatic carbocycles. The molecule has 9 rings (SSSR count). The van der Waals surface area contributed by atoms with E-state index in [1.807, 2.05) is 67.5 Å². The molecule has 29 heteroatoms. The van der Waals surface area contributed by atoms with Crippen LogP contribution >= 0.6 is 15.0 Å². The molecule has 0 bridgehead atoms. The summed E-state index contributed by atoms with van der Waals surface area (Å²) in [4.78, 5) is 65.8. The van der Waals surface area contributed by atoms with Crippen molar-refractivity contribution in [3.05, 3.63) is 109 Å². The summed E-state index contributed by atoms with van der Waals surface area (Å²) >= 11 is 6.31. The highest BCUT2D eigenvalue weighted by Gasteiger charge is 2.58. The van der Waals surface area contributed by atoms with Gasteiger partial charge in [0, 0.05) is 22.2 Å².